The predicted octanol–water partition coefficient (Wildman–Crippen LogP) is 16.8. The Balaban J connectivity index is 4.71. The molecule has 0 rings (SSSR count). The van der Waals surface area contributed by atoms with Gasteiger partial charge in [0.1, 0.15) is 12.7 Å². The van der Waals surface area contributed by atoms with E-state index in [1.165, 1.54) is 128 Å². The molecule has 0 aliphatic carbocycles. The molecule has 0 amide bonds. The van der Waals surface area contributed by atoms with Gasteiger partial charge >= 0.3 is 25.7 Å². The van der Waals surface area contributed by atoms with Crippen LogP contribution in [-0.4, -0.2) is 66.5 Å². The number of esters is 3. The number of carbonyl (C=O) groups is 3. The van der Waals surface area contributed by atoms with Crippen molar-refractivity contribution in [1.82, 2.24) is 0 Å². The molecule has 0 spiro atoms. The highest BCUT2D eigenvalue weighted by Crippen LogP contribution is 2.43. The van der Waals surface area contributed by atoms with Gasteiger partial charge in [0.15, 0.2) is 6.10 Å². The molecule has 11 nitrogen and oxygen atoms in total. The van der Waals surface area contributed by atoms with Crippen molar-refractivity contribution in [2.45, 2.75) is 290 Å². The number of allylic oxidation sites excluding steroid dienone is 6. The van der Waals surface area contributed by atoms with E-state index < -0.39 is 57.8 Å². The number of unbranched alkanes of at least 4 members (excludes halogenated alkanes) is 31. The van der Waals surface area contributed by atoms with E-state index in [0.29, 0.717) is 19.3 Å². The Labute approximate surface area is 429 Å². The van der Waals surface area contributed by atoms with Crippen molar-refractivity contribution >= 4 is 25.7 Å². The fourth-order valence-electron chi connectivity index (χ4n) is 8.13. The second-order valence-corrected chi connectivity index (χ2v) is 20.9. The van der Waals surface area contributed by atoms with E-state index in [9.17, 15) is 28.9 Å². The molecular formula is C58H107O11P. The Bertz CT molecular complexity index is 1320. The minimum absolute atomic E-state index is 0.157. The highest BCUT2D eigenvalue weighted by atomic mass is 31.2. The number of ether oxygens (including phenoxy) is 3. The minimum atomic E-state index is -4.74. The van der Waals surface area contributed by atoms with Crippen molar-refractivity contribution in [3.05, 3.63) is 36.5 Å². The van der Waals surface area contributed by atoms with Crippen LogP contribution in [0.15, 0.2) is 36.5 Å². The molecule has 0 aromatic heterocycles. The summed E-state index contributed by atoms with van der Waals surface area (Å²) in [6.07, 6.45) is 53.9. The molecule has 12 heteroatoms. The Morgan fingerprint density at radius 3 is 1.10 bits per heavy atom. The fraction of sp³-hybridized carbons (Fsp3) is 0.845. The number of aliphatic hydroxyl groups is 1. The van der Waals surface area contributed by atoms with Crippen LogP contribution in [0.3, 0.4) is 0 Å². The highest BCUT2D eigenvalue weighted by Gasteiger charge is 2.28. The van der Waals surface area contributed by atoms with E-state index in [4.69, 9.17) is 23.3 Å². The summed E-state index contributed by atoms with van der Waals surface area (Å²) in [4.78, 5) is 48.4. The zero-order valence-corrected chi connectivity index (χ0v) is 46.1. The van der Waals surface area contributed by atoms with Crippen LogP contribution in [0.2, 0.25) is 0 Å². The highest BCUT2D eigenvalue weighted by molar-refractivity contribution is 7.47. The molecule has 0 fully saturated rings. The SMILES string of the molecule is CCCCC/C=C\C/C=C\C/C=C\CCCCCCCCC(=O)OC(COC(=O)CCCCCCCCCCCCCCCCC)COP(=O)(O)OCC(CO)OC(=O)CCCCCCCCCCC. The number of phosphoric acid groups is 1. The monoisotopic (exact) mass is 1010 g/mol. The van der Waals surface area contributed by atoms with Crippen molar-refractivity contribution in [3.63, 3.8) is 0 Å². The van der Waals surface area contributed by atoms with Crippen molar-refractivity contribution < 1.29 is 52.2 Å². The van der Waals surface area contributed by atoms with Crippen molar-refractivity contribution in [3.8, 4) is 0 Å². The molecule has 0 saturated heterocycles. The number of carbonyl (C=O) groups excluding carboxylic acids is 3. The molecular weight excluding hydrogens is 904 g/mol. The topological polar surface area (TPSA) is 155 Å². The van der Waals surface area contributed by atoms with E-state index in [1.54, 1.807) is 0 Å². The van der Waals surface area contributed by atoms with Crippen LogP contribution >= 0.6 is 7.82 Å². The van der Waals surface area contributed by atoms with Crippen LogP contribution < -0.4 is 0 Å². The second-order valence-electron chi connectivity index (χ2n) is 19.5. The van der Waals surface area contributed by atoms with E-state index in [-0.39, 0.29) is 25.9 Å². The third-order valence-corrected chi connectivity index (χ3v) is 13.5. The minimum Gasteiger partial charge on any atom is -0.462 e. The number of hydrogen-bond donors (Lipinski definition) is 2. The van der Waals surface area contributed by atoms with Gasteiger partial charge < -0.3 is 24.2 Å². The molecule has 0 aliphatic heterocycles. The molecule has 0 heterocycles. The Morgan fingerprint density at radius 2 is 0.700 bits per heavy atom. The number of phosphoric ester groups is 1. The van der Waals surface area contributed by atoms with E-state index in [2.05, 4.69) is 57.2 Å². The first kappa shape index (κ1) is 67.7. The lowest BCUT2D eigenvalue weighted by molar-refractivity contribution is -0.161. The van der Waals surface area contributed by atoms with Crippen LogP contribution in [0.25, 0.3) is 0 Å². The van der Waals surface area contributed by atoms with Gasteiger partial charge in [0, 0.05) is 19.3 Å². The summed E-state index contributed by atoms with van der Waals surface area (Å²) in [5.74, 6) is -1.46. The van der Waals surface area contributed by atoms with Gasteiger partial charge in [-0.3, -0.25) is 23.4 Å². The second kappa shape index (κ2) is 53.0. The van der Waals surface area contributed by atoms with Crippen molar-refractivity contribution in [2.75, 3.05) is 26.4 Å². The molecule has 70 heavy (non-hydrogen) atoms. The maximum absolute atomic E-state index is 12.9. The number of aliphatic hydroxyl groups excluding tert-OH is 1. The number of rotatable bonds is 54. The largest absolute Gasteiger partial charge is 0.472 e. The van der Waals surface area contributed by atoms with Gasteiger partial charge in [0.25, 0.3) is 0 Å². The van der Waals surface area contributed by atoms with Gasteiger partial charge in [-0.2, -0.15) is 0 Å². The van der Waals surface area contributed by atoms with Gasteiger partial charge in [-0.05, 0) is 57.8 Å². The molecule has 0 aromatic rings. The third-order valence-electron chi connectivity index (χ3n) is 12.6. The Hall–Kier alpha value is -2.30. The standard InChI is InChI=1S/C58H107O11P/c1-4-7-10-13-16-19-21-23-25-26-27-28-30-32-34-37-40-43-46-49-58(62)69-55(51-65-56(60)47-44-41-38-36-33-31-29-24-22-20-17-14-11-8-5-2)53-67-70(63,64)66-52-54(50-59)68-57(61)48-45-42-39-35-18-15-12-9-6-3/h16,19,23,25,27-28,54-55,59H,4-15,17-18,20-22,24,26,29-53H2,1-3H3,(H,63,64)/b19-16-,25-23-,28-27-. The average molecular weight is 1010 g/mol. The van der Waals surface area contributed by atoms with E-state index in [0.717, 1.165) is 89.9 Å². The summed E-state index contributed by atoms with van der Waals surface area (Å²) in [6, 6.07) is 0. The normalized spacial score (nSPS) is 13.6. The summed E-state index contributed by atoms with van der Waals surface area (Å²) >= 11 is 0. The molecule has 0 bridgehead atoms. The molecule has 3 unspecified atom stereocenters. The fourth-order valence-corrected chi connectivity index (χ4v) is 8.91. The summed E-state index contributed by atoms with van der Waals surface area (Å²) in [6.45, 7) is 4.61. The average Bonchev–Trinajstić information content (AvgIpc) is 3.35. The smallest absolute Gasteiger partial charge is 0.462 e. The van der Waals surface area contributed by atoms with Crippen LogP contribution in [0.1, 0.15) is 278 Å². The third kappa shape index (κ3) is 50.6. The zero-order valence-electron chi connectivity index (χ0n) is 45.2. The Kier molecular flexibility index (Phi) is 51.3. The molecule has 0 aliphatic rings. The van der Waals surface area contributed by atoms with Gasteiger partial charge in [0.05, 0.1) is 19.8 Å². The predicted molar refractivity (Wildman–Crippen MR) is 289 cm³/mol. The quantitative estimate of drug-likeness (QED) is 0.0197. The first-order valence-electron chi connectivity index (χ1n) is 28.9. The number of hydrogen-bond acceptors (Lipinski definition) is 10. The molecule has 0 radical (unpaired) electrons. The first-order chi connectivity index (χ1) is 34.2. The van der Waals surface area contributed by atoms with Gasteiger partial charge in [-0.15, -0.1) is 0 Å². The molecule has 410 valence electrons. The lowest BCUT2D eigenvalue weighted by Crippen LogP contribution is -2.30. The molecule has 3 atom stereocenters. The first-order valence-corrected chi connectivity index (χ1v) is 30.4. The van der Waals surface area contributed by atoms with Crippen LogP contribution in [0.4, 0.5) is 0 Å². The molecule has 2 N–H and O–H groups in total. The van der Waals surface area contributed by atoms with Gasteiger partial charge in [-0.1, -0.05) is 237 Å². The lowest BCUT2D eigenvalue weighted by Gasteiger charge is -2.21. The summed E-state index contributed by atoms with van der Waals surface area (Å²) < 4.78 is 39.4. The van der Waals surface area contributed by atoms with E-state index >= 15 is 0 Å². The van der Waals surface area contributed by atoms with Gasteiger partial charge in [-0.25, -0.2) is 4.57 Å². The summed E-state index contributed by atoms with van der Waals surface area (Å²) in [5.41, 5.74) is 0. The summed E-state index contributed by atoms with van der Waals surface area (Å²) in [7, 11) is -4.74. The van der Waals surface area contributed by atoms with E-state index in [1.807, 2.05) is 0 Å². The summed E-state index contributed by atoms with van der Waals surface area (Å²) in [5, 5.41) is 9.77. The lowest BCUT2D eigenvalue weighted by atomic mass is 10.0. The Morgan fingerprint density at radius 1 is 0.400 bits per heavy atom. The maximum Gasteiger partial charge on any atom is 0.472 e. The maximum atomic E-state index is 12.9. The molecule has 0 aromatic carbocycles. The van der Waals surface area contributed by atoms with Crippen molar-refractivity contribution in [1.29, 1.82) is 0 Å². The van der Waals surface area contributed by atoms with Crippen LogP contribution in [-0.2, 0) is 42.2 Å². The van der Waals surface area contributed by atoms with Crippen molar-refractivity contribution in [2.24, 2.45) is 0 Å². The van der Waals surface area contributed by atoms with Gasteiger partial charge in [0.2, 0.25) is 0 Å². The zero-order chi connectivity index (χ0) is 51.3. The van der Waals surface area contributed by atoms with Crippen LogP contribution in [0, 0.1) is 0 Å². The molecule has 0 saturated carbocycles. The van der Waals surface area contributed by atoms with Crippen LogP contribution in [0.5, 0.6) is 0 Å².